The van der Waals surface area contributed by atoms with Crippen LogP contribution in [0, 0.1) is 0 Å². The maximum Gasteiger partial charge on any atom is 0.0713 e. The lowest BCUT2D eigenvalue weighted by Crippen LogP contribution is -2.19. The zero-order valence-corrected chi connectivity index (χ0v) is 10.8. The predicted octanol–water partition coefficient (Wildman–Crippen LogP) is 2.86. The topological polar surface area (TPSA) is 32.3 Å². The molecule has 0 spiro atoms. The summed E-state index contributed by atoms with van der Waals surface area (Å²) in [4.78, 5) is 0. The molecule has 1 heterocycles. The molecule has 1 unspecified atom stereocenters. The number of halogens is 1. The van der Waals surface area contributed by atoms with Gasteiger partial charge in [-0.25, -0.2) is 0 Å². The summed E-state index contributed by atoms with van der Waals surface area (Å²) in [6, 6.07) is 6.53. The number of aliphatic hydroxyl groups excluding tert-OH is 1. The zero-order valence-electron chi connectivity index (χ0n) is 8.37. The molecule has 1 aromatic rings. The molecular formula is C11H14BrNOS. The first-order chi connectivity index (χ1) is 7.31. The SMILES string of the molecule is OCc1c(Br)cccc1NC1CCSC1. The minimum Gasteiger partial charge on any atom is -0.392 e. The molecule has 1 aliphatic rings. The van der Waals surface area contributed by atoms with Crippen molar-refractivity contribution in [1.29, 1.82) is 0 Å². The van der Waals surface area contributed by atoms with E-state index >= 15 is 0 Å². The summed E-state index contributed by atoms with van der Waals surface area (Å²) in [6.45, 7) is 0.0730. The van der Waals surface area contributed by atoms with Crippen molar-refractivity contribution in [3.63, 3.8) is 0 Å². The summed E-state index contributed by atoms with van der Waals surface area (Å²) in [6.07, 6.45) is 1.21. The first-order valence-corrected chi connectivity index (χ1v) is 6.98. The first kappa shape index (κ1) is 11.3. The summed E-state index contributed by atoms with van der Waals surface area (Å²) >= 11 is 5.43. The number of thioether (sulfide) groups is 1. The van der Waals surface area contributed by atoms with Crippen molar-refractivity contribution >= 4 is 33.4 Å². The molecule has 4 heteroatoms. The van der Waals surface area contributed by atoms with Gasteiger partial charge in [0, 0.05) is 27.5 Å². The monoisotopic (exact) mass is 287 g/mol. The normalized spacial score (nSPS) is 20.5. The first-order valence-electron chi connectivity index (χ1n) is 5.04. The molecule has 1 aliphatic heterocycles. The van der Waals surface area contributed by atoms with Gasteiger partial charge in [0.15, 0.2) is 0 Å². The van der Waals surface area contributed by atoms with Crippen molar-refractivity contribution in [2.75, 3.05) is 16.8 Å². The highest BCUT2D eigenvalue weighted by atomic mass is 79.9. The Hall–Kier alpha value is -0.190. The van der Waals surface area contributed by atoms with E-state index in [0.29, 0.717) is 6.04 Å². The van der Waals surface area contributed by atoms with Crippen LogP contribution >= 0.6 is 27.7 Å². The minimum absolute atomic E-state index is 0.0730. The molecule has 0 radical (unpaired) electrons. The molecule has 0 amide bonds. The summed E-state index contributed by atoms with van der Waals surface area (Å²) in [5, 5.41) is 12.8. The van der Waals surface area contributed by atoms with E-state index in [1.54, 1.807) is 0 Å². The summed E-state index contributed by atoms with van der Waals surface area (Å²) in [7, 11) is 0. The Morgan fingerprint density at radius 2 is 2.40 bits per heavy atom. The van der Waals surface area contributed by atoms with Gasteiger partial charge < -0.3 is 10.4 Å². The molecule has 1 saturated heterocycles. The molecule has 0 saturated carbocycles. The molecule has 15 heavy (non-hydrogen) atoms. The van der Waals surface area contributed by atoms with Crippen LogP contribution in [0.2, 0.25) is 0 Å². The third-order valence-corrected chi connectivity index (χ3v) is 4.47. The van der Waals surface area contributed by atoms with E-state index in [1.807, 2.05) is 30.0 Å². The third-order valence-electron chi connectivity index (χ3n) is 2.57. The fourth-order valence-electron chi connectivity index (χ4n) is 1.72. The van der Waals surface area contributed by atoms with E-state index in [9.17, 15) is 5.11 Å². The van der Waals surface area contributed by atoms with Crippen molar-refractivity contribution in [1.82, 2.24) is 0 Å². The molecule has 1 fully saturated rings. The third kappa shape index (κ3) is 2.68. The van der Waals surface area contributed by atoms with Gasteiger partial charge in [-0.2, -0.15) is 11.8 Å². The predicted molar refractivity (Wildman–Crippen MR) is 69.4 cm³/mol. The number of anilines is 1. The Kier molecular flexibility index (Phi) is 3.94. The number of aliphatic hydroxyl groups is 1. The van der Waals surface area contributed by atoms with Crippen LogP contribution in [-0.4, -0.2) is 22.7 Å². The van der Waals surface area contributed by atoms with E-state index in [2.05, 4.69) is 21.2 Å². The molecule has 1 atom stereocenters. The highest BCUT2D eigenvalue weighted by Gasteiger charge is 2.16. The van der Waals surface area contributed by atoms with Gasteiger partial charge in [0.05, 0.1) is 6.61 Å². The Labute approximate surface area is 103 Å². The highest BCUT2D eigenvalue weighted by molar-refractivity contribution is 9.10. The van der Waals surface area contributed by atoms with Crippen molar-refractivity contribution in [3.05, 3.63) is 28.2 Å². The standard InChI is InChI=1S/C11H14BrNOS/c12-10-2-1-3-11(9(10)6-14)13-8-4-5-15-7-8/h1-3,8,13-14H,4-7H2. The quantitative estimate of drug-likeness (QED) is 0.897. The second kappa shape index (κ2) is 5.23. The van der Waals surface area contributed by atoms with E-state index in [-0.39, 0.29) is 6.61 Å². The lowest BCUT2D eigenvalue weighted by molar-refractivity contribution is 0.281. The molecule has 2 rings (SSSR count). The number of rotatable bonds is 3. The van der Waals surface area contributed by atoms with Crippen LogP contribution in [0.1, 0.15) is 12.0 Å². The lowest BCUT2D eigenvalue weighted by Gasteiger charge is -2.16. The Morgan fingerprint density at radius 1 is 1.53 bits per heavy atom. The smallest absolute Gasteiger partial charge is 0.0713 e. The Bertz CT molecular complexity index is 339. The van der Waals surface area contributed by atoms with Crippen LogP contribution in [0.15, 0.2) is 22.7 Å². The molecule has 0 bridgehead atoms. The van der Waals surface area contributed by atoms with E-state index < -0.39 is 0 Å². The van der Waals surface area contributed by atoms with Gasteiger partial charge in [-0.1, -0.05) is 22.0 Å². The van der Waals surface area contributed by atoms with Gasteiger partial charge in [-0.15, -0.1) is 0 Å². The van der Waals surface area contributed by atoms with Gasteiger partial charge in [0.25, 0.3) is 0 Å². The van der Waals surface area contributed by atoms with E-state index in [4.69, 9.17) is 0 Å². The molecule has 0 aromatic heterocycles. The average molecular weight is 288 g/mol. The second-order valence-electron chi connectivity index (χ2n) is 3.63. The average Bonchev–Trinajstić information content (AvgIpc) is 2.71. The molecule has 2 nitrogen and oxygen atoms in total. The van der Waals surface area contributed by atoms with Crippen LogP contribution < -0.4 is 5.32 Å². The largest absolute Gasteiger partial charge is 0.392 e. The van der Waals surface area contributed by atoms with Crippen molar-refractivity contribution in [2.45, 2.75) is 19.1 Å². The number of nitrogens with one attached hydrogen (secondary N) is 1. The number of hydrogen-bond acceptors (Lipinski definition) is 3. The number of hydrogen-bond donors (Lipinski definition) is 2. The van der Waals surface area contributed by atoms with Crippen molar-refractivity contribution in [2.24, 2.45) is 0 Å². The summed E-state index contributed by atoms with van der Waals surface area (Å²) in [5.74, 6) is 2.40. The lowest BCUT2D eigenvalue weighted by atomic mass is 10.1. The van der Waals surface area contributed by atoms with Gasteiger partial charge in [-0.05, 0) is 24.3 Å². The summed E-state index contributed by atoms with van der Waals surface area (Å²) < 4.78 is 0.973. The van der Waals surface area contributed by atoms with Crippen LogP contribution in [0.3, 0.4) is 0 Å². The minimum atomic E-state index is 0.0730. The van der Waals surface area contributed by atoms with Gasteiger partial charge in [-0.3, -0.25) is 0 Å². The zero-order chi connectivity index (χ0) is 10.7. The number of benzene rings is 1. The maximum absolute atomic E-state index is 9.30. The van der Waals surface area contributed by atoms with E-state index in [0.717, 1.165) is 21.5 Å². The van der Waals surface area contributed by atoms with Crippen LogP contribution in [0.4, 0.5) is 5.69 Å². The van der Waals surface area contributed by atoms with Crippen molar-refractivity contribution < 1.29 is 5.11 Å². The molecule has 2 N–H and O–H groups in total. The molecular weight excluding hydrogens is 274 g/mol. The maximum atomic E-state index is 9.30. The molecule has 1 aromatic carbocycles. The Morgan fingerprint density at radius 3 is 3.07 bits per heavy atom. The Balaban J connectivity index is 2.15. The summed E-state index contributed by atoms with van der Waals surface area (Å²) in [5.41, 5.74) is 2.01. The van der Waals surface area contributed by atoms with Gasteiger partial charge in [0.1, 0.15) is 0 Å². The van der Waals surface area contributed by atoms with Crippen LogP contribution in [0.25, 0.3) is 0 Å². The van der Waals surface area contributed by atoms with Crippen molar-refractivity contribution in [3.8, 4) is 0 Å². The molecule has 0 aliphatic carbocycles. The van der Waals surface area contributed by atoms with E-state index in [1.165, 1.54) is 12.2 Å². The van der Waals surface area contributed by atoms with Crippen LogP contribution in [0.5, 0.6) is 0 Å². The van der Waals surface area contributed by atoms with Gasteiger partial charge in [0.2, 0.25) is 0 Å². The molecule has 82 valence electrons. The fraction of sp³-hybridized carbons (Fsp3) is 0.455. The second-order valence-corrected chi connectivity index (χ2v) is 5.63. The van der Waals surface area contributed by atoms with Crippen LogP contribution in [-0.2, 0) is 6.61 Å². The van der Waals surface area contributed by atoms with Gasteiger partial charge >= 0.3 is 0 Å². The highest BCUT2D eigenvalue weighted by Crippen LogP contribution is 2.28. The fourth-order valence-corrected chi connectivity index (χ4v) is 3.37.